The molecule has 0 aromatic carbocycles. The van der Waals surface area contributed by atoms with Gasteiger partial charge in [-0.25, -0.2) is 0 Å². The summed E-state index contributed by atoms with van der Waals surface area (Å²) < 4.78 is 7.07. The zero-order valence-electron chi connectivity index (χ0n) is 20.6. The average molecular weight is 421 g/mol. The molecule has 29 heavy (non-hydrogen) atoms. The van der Waals surface area contributed by atoms with Crippen molar-refractivity contribution < 1.29 is 9.53 Å². The molecule has 9 atom stereocenters. The number of fused-ring (bicyclic) bond motifs is 5. The Morgan fingerprint density at radius 1 is 0.931 bits per heavy atom. The monoisotopic (exact) mass is 420 g/mol. The van der Waals surface area contributed by atoms with Crippen LogP contribution < -0.4 is 0 Å². The molecule has 4 aliphatic carbocycles. The Morgan fingerprint density at radius 3 is 2.28 bits per heavy atom. The first-order valence-electron chi connectivity index (χ1n) is 12.7. The number of hydrogen-bond donors (Lipinski definition) is 1. The molecule has 1 N–H and O–H groups in total. The first-order valence-corrected chi connectivity index (χ1v) is 15.6. The molecule has 4 aliphatic rings. The van der Waals surface area contributed by atoms with Crippen molar-refractivity contribution >= 4 is 8.32 Å². The average Bonchev–Trinajstić information content (AvgIpc) is 2.91. The summed E-state index contributed by atoms with van der Waals surface area (Å²) in [4.78, 5) is 0. The Morgan fingerprint density at radius 2 is 1.62 bits per heavy atom. The molecule has 0 aliphatic heterocycles. The van der Waals surface area contributed by atoms with Crippen molar-refractivity contribution in [1.29, 1.82) is 0 Å². The first-order chi connectivity index (χ1) is 13.3. The molecule has 0 aromatic rings. The Bertz CT molecular complexity index is 621. The van der Waals surface area contributed by atoms with Crippen molar-refractivity contribution in [2.75, 3.05) is 0 Å². The largest absolute Gasteiger partial charge is 0.413 e. The van der Waals surface area contributed by atoms with Gasteiger partial charge in [-0.05, 0) is 117 Å². The highest BCUT2D eigenvalue weighted by atomic mass is 28.4. The Labute approximate surface area is 181 Å². The maximum absolute atomic E-state index is 10.9. The second-order valence-electron chi connectivity index (χ2n) is 13.6. The standard InChI is InChI=1S/C26H48O2Si/c1-17-15-21-18(16-26(17,6)27)9-10-20-19(21)13-14-25(5)22(20)11-12-23(25)28-29(7,8)24(2,3)4/h17-23,27H,9-16H2,1-8H3/t17?,18?,19-,20+,21-,22-,23?,25-,26-/m0/s1. The van der Waals surface area contributed by atoms with Crippen LogP contribution in [0, 0.1) is 40.9 Å². The molecular weight excluding hydrogens is 372 g/mol. The Hall–Kier alpha value is 0.137. The van der Waals surface area contributed by atoms with Gasteiger partial charge in [0.15, 0.2) is 8.32 Å². The van der Waals surface area contributed by atoms with E-state index in [9.17, 15) is 5.11 Å². The molecule has 4 fully saturated rings. The van der Waals surface area contributed by atoms with Gasteiger partial charge < -0.3 is 9.53 Å². The minimum Gasteiger partial charge on any atom is -0.413 e. The van der Waals surface area contributed by atoms with E-state index in [4.69, 9.17) is 4.43 Å². The van der Waals surface area contributed by atoms with E-state index >= 15 is 0 Å². The Kier molecular flexibility index (Phi) is 5.45. The highest BCUT2D eigenvalue weighted by Crippen LogP contribution is 2.64. The van der Waals surface area contributed by atoms with Gasteiger partial charge in [0.2, 0.25) is 0 Å². The van der Waals surface area contributed by atoms with Gasteiger partial charge in [0.25, 0.3) is 0 Å². The van der Waals surface area contributed by atoms with Crippen LogP contribution in [-0.2, 0) is 4.43 Å². The minimum absolute atomic E-state index is 0.298. The Balaban J connectivity index is 1.51. The molecule has 2 nitrogen and oxygen atoms in total. The smallest absolute Gasteiger partial charge is 0.192 e. The van der Waals surface area contributed by atoms with Gasteiger partial charge in [-0.2, -0.15) is 0 Å². The van der Waals surface area contributed by atoms with Gasteiger partial charge in [-0.3, -0.25) is 0 Å². The van der Waals surface area contributed by atoms with E-state index < -0.39 is 13.9 Å². The molecule has 0 aromatic heterocycles. The maximum atomic E-state index is 10.9. The van der Waals surface area contributed by atoms with Crippen LogP contribution in [0.1, 0.15) is 92.9 Å². The summed E-state index contributed by atoms with van der Waals surface area (Å²) in [6.45, 7) is 19.0. The van der Waals surface area contributed by atoms with E-state index in [-0.39, 0.29) is 0 Å². The molecule has 3 heteroatoms. The van der Waals surface area contributed by atoms with Crippen molar-refractivity contribution in [2.45, 2.75) is 123 Å². The second kappa shape index (κ2) is 7.07. The summed E-state index contributed by atoms with van der Waals surface area (Å²) in [5.74, 6) is 4.79. The van der Waals surface area contributed by atoms with Crippen LogP contribution in [0.5, 0.6) is 0 Å². The van der Waals surface area contributed by atoms with E-state index in [1.807, 2.05) is 0 Å². The summed E-state index contributed by atoms with van der Waals surface area (Å²) in [7, 11) is -1.72. The van der Waals surface area contributed by atoms with Crippen molar-refractivity contribution in [1.82, 2.24) is 0 Å². The van der Waals surface area contributed by atoms with Crippen LogP contribution >= 0.6 is 0 Å². The number of aliphatic hydroxyl groups is 1. The van der Waals surface area contributed by atoms with Crippen molar-refractivity contribution in [3.63, 3.8) is 0 Å². The SMILES string of the molecule is CC1C[C@H]2C(CC[C@@H]3[C@@H]2CC[C@]2(C)C(O[Si](C)(C)C(C)(C)C)CC[C@@H]32)C[C@]1(C)O. The summed E-state index contributed by atoms with van der Waals surface area (Å²) in [5, 5.41) is 11.2. The molecule has 4 saturated carbocycles. The minimum atomic E-state index is -1.72. The van der Waals surface area contributed by atoms with Gasteiger partial charge in [0.05, 0.1) is 11.7 Å². The van der Waals surface area contributed by atoms with Crippen LogP contribution in [0.3, 0.4) is 0 Å². The van der Waals surface area contributed by atoms with E-state index in [0.717, 1.165) is 36.0 Å². The fraction of sp³-hybridized carbons (Fsp3) is 1.00. The highest BCUT2D eigenvalue weighted by molar-refractivity contribution is 6.74. The van der Waals surface area contributed by atoms with Crippen molar-refractivity contribution in [3.8, 4) is 0 Å². The topological polar surface area (TPSA) is 29.5 Å². The molecule has 3 unspecified atom stereocenters. The van der Waals surface area contributed by atoms with Gasteiger partial charge in [-0.15, -0.1) is 0 Å². The van der Waals surface area contributed by atoms with Gasteiger partial charge in [0.1, 0.15) is 0 Å². The fourth-order valence-corrected chi connectivity index (χ4v) is 9.38. The van der Waals surface area contributed by atoms with Crippen LogP contribution in [-0.4, -0.2) is 25.1 Å². The summed E-state index contributed by atoms with van der Waals surface area (Å²) in [6, 6.07) is 0. The lowest BCUT2D eigenvalue weighted by molar-refractivity contribution is -0.126. The summed E-state index contributed by atoms with van der Waals surface area (Å²) >= 11 is 0. The second-order valence-corrected chi connectivity index (χ2v) is 18.4. The summed E-state index contributed by atoms with van der Waals surface area (Å²) in [6.07, 6.45) is 11.0. The number of hydrogen-bond acceptors (Lipinski definition) is 2. The van der Waals surface area contributed by atoms with Crippen LogP contribution in [0.4, 0.5) is 0 Å². The molecule has 168 valence electrons. The lowest BCUT2D eigenvalue weighted by Gasteiger charge is -2.58. The van der Waals surface area contributed by atoms with Crippen LogP contribution in [0.15, 0.2) is 0 Å². The highest BCUT2D eigenvalue weighted by Gasteiger charge is 2.59. The molecule has 0 amide bonds. The lowest BCUT2D eigenvalue weighted by Crippen LogP contribution is -2.54. The predicted octanol–water partition coefficient (Wildman–Crippen LogP) is 7.03. The van der Waals surface area contributed by atoms with E-state index in [1.54, 1.807) is 0 Å². The molecule has 0 heterocycles. The van der Waals surface area contributed by atoms with Gasteiger partial charge in [-0.1, -0.05) is 34.6 Å². The van der Waals surface area contributed by atoms with Crippen molar-refractivity contribution in [2.24, 2.45) is 40.9 Å². The third-order valence-electron chi connectivity index (χ3n) is 11.0. The van der Waals surface area contributed by atoms with Gasteiger partial charge >= 0.3 is 0 Å². The van der Waals surface area contributed by atoms with Gasteiger partial charge in [0, 0.05) is 0 Å². The van der Waals surface area contributed by atoms with E-state index in [2.05, 4.69) is 54.6 Å². The lowest BCUT2D eigenvalue weighted by atomic mass is 9.48. The quantitative estimate of drug-likeness (QED) is 0.486. The van der Waals surface area contributed by atoms with Crippen molar-refractivity contribution in [3.05, 3.63) is 0 Å². The molecular formula is C26H48O2Si. The zero-order chi connectivity index (χ0) is 21.4. The first kappa shape index (κ1) is 22.3. The zero-order valence-corrected chi connectivity index (χ0v) is 21.6. The molecule has 4 rings (SSSR count). The van der Waals surface area contributed by atoms with E-state index in [1.165, 1.54) is 44.9 Å². The number of rotatable bonds is 2. The van der Waals surface area contributed by atoms with Crippen LogP contribution in [0.2, 0.25) is 18.1 Å². The third kappa shape index (κ3) is 3.59. The molecule has 0 spiro atoms. The predicted molar refractivity (Wildman–Crippen MR) is 124 cm³/mol. The normalized spacial score (nSPS) is 50.6. The third-order valence-corrected chi connectivity index (χ3v) is 15.5. The van der Waals surface area contributed by atoms with E-state index in [0.29, 0.717) is 22.5 Å². The molecule has 0 saturated heterocycles. The fourth-order valence-electron chi connectivity index (χ4n) is 7.93. The molecule has 0 bridgehead atoms. The van der Waals surface area contributed by atoms with Crippen LogP contribution in [0.25, 0.3) is 0 Å². The molecule has 0 radical (unpaired) electrons. The maximum Gasteiger partial charge on any atom is 0.192 e. The summed E-state index contributed by atoms with van der Waals surface area (Å²) in [5.41, 5.74) is -0.0397.